The summed E-state index contributed by atoms with van der Waals surface area (Å²) in [7, 11) is 0. The Morgan fingerprint density at radius 3 is 2.73 bits per heavy atom. The van der Waals surface area contributed by atoms with E-state index in [1.807, 2.05) is 0 Å². The minimum absolute atomic E-state index is 0.198. The fraction of sp³-hybridized carbons (Fsp3) is 0.364. The lowest BCUT2D eigenvalue weighted by molar-refractivity contribution is 0.0920. The summed E-state index contributed by atoms with van der Waals surface area (Å²) in [4.78, 5) is 11.6. The number of hydrogen-bond acceptors (Lipinski definition) is 2. The van der Waals surface area contributed by atoms with Gasteiger partial charge in [-0.15, -0.1) is 0 Å². The second-order valence-electron chi connectivity index (χ2n) is 3.44. The SMILES string of the molecule is CC(CCN)C(=O)c1cccc(F)c1F. The highest BCUT2D eigenvalue weighted by atomic mass is 19.2. The lowest BCUT2D eigenvalue weighted by Crippen LogP contribution is -2.17. The van der Waals surface area contributed by atoms with Gasteiger partial charge in [0.2, 0.25) is 0 Å². The third-order valence-corrected chi connectivity index (χ3v) is 2.26. The van der Waals surface area contributed by atoms with Crippen LogP contribution >= 0.6 is 0 Å². The summed E-state index contributed by atoms with van der Waals surface area (Å²) >= 11 is 0. The lowest BCUT2D eigenvalue weighted by Gasteiger charge is -2.09. The maximum atomic E-state index is 13.2. The van der Waals surface area contributed by atoms with Gasteiger partial charge < -0.3 is 5.73 Å². The molecular weight excluding hydrogens is 200 g/mol. The number of carbonyl (C=O) groups excluding carboxylic acids is 1. The Labute approximate surface area is 87.1 Å². The number of rotatable bonds is 4. The van der Waals surface area contributed by atoms with Crippen LogP contribution in [0.25, 0.3) is 0 Å². The zero-order valence-electron chi connectivity index (χ0n) is 8.47. The molecule has 1 atom stereocenters. The molecule has 15 heavy (non-hydrogen) atoms. The molecular formula is C11H13F2NO. The molecule has 2 nitrogen and oxygen atoms in total. The second kappa shape index (κ2) is 4.98. The van der Waals surface area contributed by atoms with Gasteiger partial charge in [0.1, 0.15) is 0 Å². The van der Waals surface area contributed by atoms with E-state index in [0.29, 0.717) is 13.0 Å². The van der Waals surface area contributed by atoms with Gasteiger partial charge in [-0.2, -0.15) is 0 Å². The topological polar surface area (TPSA) is 43.1 Å². The van der Waals surface area contributed by atoms with Crippen molar-refractivity contribution in [3.05, 3.63) is 35.4 Å². The summed E-state index contributed by atoms with van der Waals surface area (Å²) in [5.74, 6) is -2.86. The number of nitrogens with two attached hydrogens (primary N) is 1. The summed E-state index contributed by atoms with van der Waals surface area (Å²) in [6.07, 6.45) is 0.467. The van der Waals surface area contributed by atoms with Crippen molar-refractivity contribution in [2.45, 2.75) is 13.3 Å². The first-order valence-corrected chi connectivity index (χ1v) is 4.76. The van der Waals surface area contributed by atoms with Crippen LogP contribution < -0.4 is 5.73 Å². The van der Waals surface area contributed by atoms with E-state index in [2.05, 4.69) is 0 Å². The lowest BCUT2D eigenvalue weighted by atomic mass is 9.96. The molecule has 1 unspecified atom stereocenters. The van der Waals surface area contributed by atoms with Gasteiger partial charge in [0.15, 0.2) is 17.4 Å². The molecule has 0 amide bonds. The van der Waals surface area contributed by atoms with Crippen LogP contribution in [0.3, 0.4) is 0 Å². The van der Waals surface area contributed by atoms with Crippen molar-refractivity contribution >= 4 is 5.78 Å². The molecule has 1 aromatic carbocycles. The van der Waals surface area contributed by atoms with Crippen molar-refractivity contribution in [1.29, 1.82) is 0 Å². The molecule has 0 spiro atoms. The Hall–Kier alpha value is -1.29. The Kier molecular flexibility index (Phi) is 3.91. The van der Waals surface area contributed by atoms with E-state index < -0.39 is 17.4 Å². The van der Waals surface area contributed by atoms with E-state index in [0.717, 1.165) is 6.07 Å². The highest BCUT2D eigenvalue weighted by Gasteiger charge is 2.19. The van der Waals surface area contributed by atoms with Gasteiger partial charge in [-0.3, -0.25) is 4.79 Å². The first-order chi connectivity index (χ1) is 7.07. The van der Waals surface area contributed by atoms with Crippen molar-refractivity contribution in [3.63, 3.8) is 0 Å². The van der Waals surface area contributed by atoms with Crippen LogP contribution in [0, 0.1) is 17.6 Å². The van der Waals surface area contributed by atoms with Crippen LogP contribution in [0.2, 0.25) is 0 Å². The zero-order chi connectivity index (χ0) is 11.4. The van der Waals surface area contributed by atoms with Crippen LogP contribution in [0.4, 0.5) is 8.78 Å². The zero-order valence-corrected chi connectivity index (χ0v) is 8.47. The average Bonchev–Trinajstić information content (AvgIpc) is 2.21. The molecule has 0 heterocycles. The molecule has 0 aliphatic heterocycles. The van der Waals surface area contributed by atoms with Gasteiger partial charge in [-0.25, -0.2) is 8.78 Å². The van der Waals surface area contributed by atoms with E-state index >= 15 is 0 Å². The molecule has 1 aromatic rings. The van der Waals surface area contributed by atoms with Crippen molar-refractivity contribution < 1.29 is 13.6 Å². The van der Waals surface area contributed by atoms with Crippen molar-refractivity contribution in [2.75, 3.05) is 6.54 Å². The highest BCUT2D eigenvalue weighted by molar-refractivity contribution is 5.97. The molecule has 0 fully saturated rings. The Balaban J connectivity index is 2.96. The quantitative estimate of drug-likeness (QED) is 0.778. The summed E-state index contributed by atoms with van der Waals surface area (Å²) in [5, 5.41) is 0. The predicted molar refractivity (Wildman–Crippen MR) is 53.5 cm³/mol. The Bertz CT molecular complexity index is 366. The first-order valence-electron chi connectivity index (χ1n) is 4.76. The number of halogens is 2. The number of carbonyl (C=O) groups is 1. The molecule has 0 saturated heterocycles. The van der Waals surface area contributed by atoms with E-state index in [9.17, 15) is 13.6 Å². The molecule has 0 aromatic heterocycles. The van der Waals surface area contributed by atoms with Crippen LogP contribution in [0.1, 0.15) is 23.7 Å². The Morgan fingerprint density at radius 2 is 2.13 bits per heavy atom. The normalized spacial score (nSPS) is 12.5. The van der Waals surface area contributed by atoms with Gasteiger partial charge in [0, 0.05) is 5.92 Å². The third kappa shape index (κ3) is 2.59. The molecule has 0 radical (unpaired) electrons. The van der Waals surface area contributed by atoms with E-state index in [1.54, 1.807) is 6.92 Å². The highest BCUT2D eigenvalue weighted by Crippen LogP contribution is 2.17. The number of Topliss-reactive ketones (excluding diaryl/α,β-unsaturated/α-hetero) is 1. The summed E-state index contributed by atoms with van der Waals surface area (Å²) in [6.45, 7) is 2.00. The van der Waals surface area contributed by atoms with E-state index in [-0.39, 0.29) is 11.5 Å². The smallest absolute Gasteiger partial charge is 0.169 e. The number of ketones is 1. The summed E-state index contributed by atoms with van der Waals surface area (Å²) < 4.78 is 26.1. The Morgan fingerprint density at radius 1 is 1.47 bits per heavy atom. The van der Waals surface area contributed by atoms with E-state index in [4.69, 9.17) is 5.73 Å². The molecule has 0 aliphatic rings. The second-order valence-corrected chi connectivity index (χ2v) is 3.44. The van der Waals surface area contributed by atoms with Crippen LogP contribution in [-0.2, 0) is 0 Å². The van der Waals surface area contributed by atoms with Gasteiger partial charge in [0.05, 0.1) is 5.56 Å². The molecule has 1 rings (SSSR count). The van der Waals surface area contributed by atoms with Crippen molar-refractivity contribution in [3.8, 4) is 0 Å². The van der Waals surface area contributed by atoms with Gasteiger partial charge in [0.25, 0.3) is 0 Å². The molecule has 4 heteroatoms. The number of benzene rings is 1. The van der Waals surface area contributed by atoms with Crippen molar-refractivity contribution in [2.24, 2.45) is 11.7 Å². The molecule has 0 saturated carbocycles. The summed E-state index contributed by atoms with van der Waals surface area (Å²) in [5.41, 5.74) is 5.10. The van der Waals surface area contributed by atoms with Crippen LogP contribution in [0.5, 0.6) is 0 Å². The fourth-order valence-corrected chi connectivity index (χ4v) is 1.34. The monoisotopic (exact) mass is 213 g/mol. The summed E-state index contributed by atoms with van der Waals surface area (Å²) in [6, 6.07) is 3.59. The van der Waals surface area contributed by atoms with Crippen LogP contribution in [-0.4, -0.2) is 12.3 Å². The molecule has 0 bridgehead atoms. The number of hydrogen-bond donors (Lipinski definition) is 1. The molecule has 0 aliphatic carbocycles. The third-order valence-electron chi connectivity index (χ3n) is 2.26. The van der Waals surface area contributed by atoms with Gasteiger partial charge in [-0.05, 0) is 25.1 Å². The minimum atomic E-state index is -1.08. The largest absolute Gasteiger partial charge is 0.330 e. The minimum Gasteiger partial charge on any atom is -0.330 e. The molecule has 2 N–H and O–H groups in total. The maximum Gasteiger partial charge on any atom is 0.169 e. The van der Waals surface area contributed by atoms with Gasteiger partial charge >= 0.3 is 0 Å². The fourth-order valence-electron chi connectivity index (χ4n) is 1.34. The standard InChI is InChI=1S/C11H13F2NO/c1-7(5-6-14)11(15)8-3-2-4-9(12)10(8)13/h2-4,7H,5-6,14H2,1H3. The van der Waals surface area contributed by atoms with Crippen LogP contribution in [0.15, 0.2) is 18.2 Å². The van der Waals surface area contributed by atoms with E-state index in [1.165, 1.54) is 12.1 Å². The molecule has 82 valence electrons. The van der Waals surface area contributed by atoms with Crippen molar-refractivity contribution in [1.82, 2.24) is 0 Å². The first kappa shape index (κ1) is 11.8. The maximum absolute atomic E-state index is 13.2. The van der Waals surface area contributed by atoms with Gasteiger partial charge in [-0.1, -0.05) is 13.0 Å². The predicted octanol–water partition coefficient (Wildman–Crippen LogP) is 2.13. The average molecular weight is 213 g/mol.